The summed E-state index contributed by atoms with van der Waals surface area (Å²) in [5, 5.41) is 15.4. The van der Waals surface area contributed by atoms with Crippen LogP contribution in [0, 0.1) is 17.8 Å². The van der Waals surface area contributed by atoms with E-state index in [4.69, 9.17) is 0 Å². The lowest BCUT2D eigenvalue weighted by molar-refractivity contribution is 0.554. The van der Waals surface area contributed by atoms with Crippen molar-refractivity contribution in [3.8, 4) is 33.4 Å². The molecule has 1 fully saturated rings. The quantitative estimate of drug-likeness (QED) is 0.165. The minimum Gasteiger partial charge on any atom is -0.0758 e. The smallest absolute Gasteiger partial charge is 0.0500 e. The summed E-state index contributed by atoms with van der Waals surface area (Å²) >= 11 is 0. The number of hydrogen-bond acceptors (Lipinski definition) is 0. The molecule has 12 aromatic rings. The van der Waals surface area contributed by atoms with E-state index in [1.165, 1.54) is 167 Å². The summed E-state index contributed by atoms with van der Waals surface area (Å²) < 4.78 is 0. The summed E-state index contributed by atoms with van der Waals surface area (Å²) in [5.41, 5.74) is 22.1. The standard InChI is InChI=1S/C79H52/c1-7-19-59-48(13-1)27-35-65-69(66-36-28-49-14-2-8-20-60(49)74(66)73(59)65)43-47(44-70-67-37-29-50-15-3-9-21-61(50)75(67)76-62-22-10-4-16-51(62)30-38-68(70)76)46-79(56-33-39-57-54-25-26-55(45-54)58(57)40-34-56)71-41-31-52-17-5-11-23-63(52)77(71)78-64-24-12-6-18-53(64)32-42-72(78)79/h1-24,27-44,46,54-56H,25-26,45H2. The highest BCUT2D eigenvalue weighted by atomic mass is 14.5. The number of allylic oxidation sites excluding steroid dienone is 10. The number of rotatable bonds is 4. The van der Waals surface area contributed by atoms with Gasteiger partial charge in [0.1, 0.15) is 0 Å². The molecule has 2 unspecified atom stereocenters. The van der Waals surface area contributed by atoms with Crippen LogP contribution in [0.1, 0.15) is 52.6 Å². The molecule has 0 radical (unpaired) electrons. The van der Waals surface area contributed by atoms with Crippen LogP contribution in [0.3, 0.4) is 0 Å². The molecule has 0 saturated heterocycles. The van der Waals surface area contributed by atoms with Gasteiger partial charge in [0.2, 0.25) is 0 Å². The molecule has 0 amide bonds. The van der Waals surface area contributed by atoms with Crippen LogP contribution in [0.2, 0.25) is 0 Å². The fraction of sp³-hybridized carbons (Fsp3) is 0.0886. The number of benzene rings is 12. The Morgan fingerprint density at radius 2 is 0.633 bits per heavy atom. The summed E-state index contributed by atoms with van der Waals surface area (Å²) in [6.45, 7) is 0. The van der Waals surface area contributed by atoms with Gasteiger partial charge >= 0.3 is 0 Å². The molecule has 2 atom stereocenters. The Hall–Kier alpha value is -9.36. The van der Waals surface area contributed by atoms with E-state index in [0.717, 1.165) is 0 Å². The third kappa shape index (κ3) is 6.04. The summed E-state index contributed by atoms with van der Waals surface area (Å²) in [4.78, 5) is 0. The van der Waals surface area contributed by atoms with Gasteiger partial charge in [0.15, 0.2) is 0 Å². The lowest BCUT2D eigenvalue weighted by Crippen LogP contribution is -2.31. The van der Waals surface area contributed by atoms with Crippen LogP contribution in [-0.4, -0.2) is 0 Å². The van der Waals surface area contributed by atoms with Crippen molar-refractivity contribution in [3.05, 3.63) is 311 Å². The zero-order valence-corrected chi connectivity index (χ0v) is 43.7. The van der Waals surface area contributed by atoms with E-state index >= 15 is 0 Å². The van der Waals surface area contributed by atoms with E-state index in [2.05, 4.69) is 261 Å². The van der Waals surface area contributed by atoms with Crippen LogP contribution in [0.4, 0.5) is 0 Å². The average Bonchev–Trinajstić information content (AvgIpc) is 3.75. The summed E-state index contributed by atoms with van der Waals surface area (Å²) in [6, 6.07) is 83.1. The second-order valence-corrected chi connectivity index (χ2v) is 23.2. The van der Waals surface area contributed by atoms with Crippen molar-refractivity contribution in [2.45, 2.75) is 24.7 Å². The molecule has 6 aliphatic rings. The van der Waals surface area contributed by atoms with E-state index in [-0.39, 0.29) is 5.92 Å². The highest BCUT2D eigenvalue weighted by Crippen LogP contribution is 2.61. The fourth-order valence-corrected chi connectivity index (χ4v) is 16.2. The second kappa shape index (κ2) is 16.3. The zero-order chi connectivity index (χ0) is 51.5. The van der Waals surface area contributed by atoms with Crippen LogP contribution in [0.5, 0.6) is 0 Å². The monoisotopic (exact) mass is 1000 g/mol. The molecule has 0 heterocycles. The van der Waals surface area contributed by atoms with Crippen LogP contribution >= 0.6 is 0 Å². The Bertz CT molecular complexity index is 4470. The van der Waals surface area contributed by atoms with Gasteiger partial charge in [0.05, 0.1) is 5.41 Å². The third-order valence-corrected chi connectivity index (χ3v) is 19.5. The molecule has 368 valence electrons. The molecule has 12 aromatic carbocycles. The van der Waals surface area contributed by atoms with Gasteiger partial charge in [-0.25, -0.2) is 0 Å². The van der Waals surface area contributed by atoms with E-state index in [1.807, 2.05) is 0 Å². The highest BCUT2D eigenvalue weighted by Gasteiger charge is 2.49. The SMILES string of the molecule is C1=CC(C2(C=C(C=C3c4ccc5ccccc5c4-c4c3ccc3ccccc43)C=C3c4ccc5ccccc5c4-c4c3ccc3ccccc43)c3ccc4ccccc4c3-c3c2ccc2ccccc32)C=CC2=C1C1CCC2C1. The molecule has 0 aliphatic heterocycles. The van der Waals surface area contributed by atoms with Crippen LogP contribution < -0.4 is 0 Å². The van der Waals surface area contributed by atoms with Gasteiger partial charge in [-0.15, -0.1) is 0 Å². The molecule has 6 aliphatic carbocycles. The summed E-state index contributed by atoms with van der Waals surface area (Å²) in [5.74, 6) is 1.30. The molecule has 0 N–H and O–H groups in total. The Balaban J connectivity index is 1.00. The Morgan fingerprint density at radius 1 is 0.329 bits per heavy atom. The molecule has 79 heavy (non-hydrogen) atoms. The third-order valence-electron chi connectivity index (χ3n) is 19.5. The molecule has 18 rings (SSSR count). The van der Waals surface area contributed by atoms with Gasteiger partial charge in [-0.2, -0.15) is 0 Å². The Labute approximate surface area is 460 Å². The maximum atomic E-state index is 2.76. The molecule has 0 heteroatoms. The van der Waals surface area contributed by atoms with Gasteiger partial charge < -0.3 is 0 Å². The molecular weight excluding hydrogens is 949 g/mol. The Kier molecular flexibility index (Phi) is 9.04. The fourth-order valence-electron chi connectivity index (χ4n) is 16.2. The van der Waals surface area contributed by atoms with Crippen molar-refractivity contribution < 1.29 is 0 Å². The van der Waals surface area contributed by atoms with Gasteiger partial charge in [-0.05, 0) is 203 Å². The molecular formula is C79H52. The topological polar surface area (TPSA) is 0 Å². The van der Waals surface area contributed by atoms with E-state index in [1.54, 1.807) is 11.1 Å². The van der Waals surface area contributed by atoms with Gasteiger partial charge in [-0.1, -0.05) is 249 Å². The molecule has 0 nitrogen and oxygen atoms in total. The lowest BCUT2D eigenvalue weighted by atomic mass is 9.66. The van der Waals surface area contributed by atoms with E-state index in [0.29, 0.717) is 11.8 Å². The van der Waals surface area contributed by atoms with Crippen LogP contribution in [0.25, 0.3) is 109 Å². The first-order valence-electron chi connectivity index (χ1n) is 28.6. The van der Waals surface area contributed by atoms with Gasteiger partial charge in [0.25, 0.3) is 0 Å². The second-order valence-electron chi connectivity index (χ2n) is 23.2. The maximum Gasteiger partial charge on any atom is 0.0500 e. The zero-order valence-electron chi connectivity index (χ0n) is 43.7. The largest absolute Gasteiger partial charge is 0.0758 e. The summed E-state index contributed by atoms with van der Waals surface area (Å²) in [6.07, 6.45) is 22.2. The van der Waals surface area contributed by atoms with Gasteiger partial charge in [0, 0.05) is 5.92 Å². The Morgan fingerprint density at radius 3 is 0.975 bits per heavy atom. The van der Waals surface area contributed by atoms with Gasteiger partial charge in [-0.3, -0.25) is 0 Å². The molecule has 0 aromatic heterocycles. The van der Waals surface area contributed by atoms with Crippen molar-refractivity contribution >= 4 is 75.8 Å². The van der Waals surface area contributed by atoms with Crippen molar-refractivity contribution in [2.24, 2.45) is 17.8 Å². The van der Waals surface area contributed by atoms with Crippen molar-refractivity contribution in [2.75, 3.05) is 0 Å². The number of fused-ring (bicyclic) bond motifs is 25. The van der Waals surface area contributed by atoms with Crippen molar-refractivity contribution in [1.82, 2.24) is 0 Å². The lowest BCUT2D eigenvalue weighted by Gasteiger charge is -2.35. The highest BCUT2D eigenvalue weighted by molar-refractivity contribution is 6.21. The van der Waals surface area contributed by atoms with Crippen LogP contribution in [-0.2, 0) is 5.41 Å². The average molecular weight is 1000 g/mol. The first-order valence-corrected chi connectivity index (χ1v) is 28.6. The minimum atomic E-state index is -0.623. The normalized spacial score (nSPS) is 18.5. The molecule has 1 saturated carbocycles. The van der Waals surface area contributed by atoms with Crippen molar-refractivity contribution in [3.63, 3.8) is 0 Å². The van der Waals surface area contributed by atoms with E-state index < -0.39 is 5.41 Å². The summed E-state index contributed by atoms with van der Waals surface area (Å²) in [7, 11) is 0. The minimum absolute atomic E-state index is 0.00120. The molecule has 0 spiro atoms. The van der Waals surface area contributed by atoms with E-state index in [9.17, 15) is 0 Å². The first kappa shape index (κ1) is 43.7. The molecule has 2 bridgehead atoms. The predicted molar refractivity (Wildman–Crippen MR) is 333 cm³/mol. The maximum absolute atomic E-state index is 2.76. The van der Waals surface area contributed by atoms with Crippen molar-refractivity contribution in [1.29, 1.82) is 0 Å². The predicted octanol–water partition coefficient (Wildman–Crippen LogP) is 20.5. The first-order chi connectivity index (χ1) is 39.2. The number of hydrogen-bond donors (Lipinski definition) is 0. The van der Waals surface area contributed by atoms with Crippen LogP contribution in [0.15, 0.2) is 278 Å².